The third-order valence-electron chi connectivity index (χ3n) is 2.66. The second-order valence-electron chi connectivity index (χ2n) is 4.00. The van der Waals surface area contributed by atoms with Crippen LogP contribution in [0.5, 0.6) is 0 Å². The topological polar surface area (TPSA) is 51.8 Å². The second kappa shape index (κ2) is 5.26. The van der Waals surface area contributed by atoms with Crippen LogP contribution in [-0.2, 0) is 6.18 Å². The number of benzene rings is 1. The average Bonchev–Trinajstić information content (AvgIpc) is 2.86. The van der Waals surface area contributed by atoms with Gasteiger partial charge < -0.3 is 5.73 Å². The Labute approximate surface area is 112 Å². The normalized spacial score (nSPS) is 13.5. The first-order valence-electron chi connectivity index (χ1n) is 5.69. The summed E-state index contributed by atoms with van der Waals surface area (Å²) in [5, 5.41) is 8.47. The molecule has 3 nitrogen and oxygen atoms in total. The van der Waals surface area contributed by atoms with E-state index in [1.54, 1.807) is 6.07 Å². The van der Waals surface area contributed by atoms with Gasteiger partial charge in [0.05, 0.1) is 11.6 Å². The van der Waals surface area contributed by atoms with Crippen LogP contribution < -0.4 is 5.73 Å². The van der Waals surface area contributed by atoms with Gasteiger partial charge in [-0.15, -0.1) is 10.2 Å². The van der Waals surface area contributed by atoms with Gasteiger partial charge in [-0.2, -0.15) is 13.2 Å². The highest BCUT2D eigenvalue weighted by Crippen LogP contribution is 2.38. The van der Waals surface area contributed by atoms with E-state index in [1.807, 2.05) is 6.92 Å². The first-order valence-corrected chi connectivity index (χ1v) is 6.50. The molecule has 0 bridgehead atoms. The molecule has 102 valence electrons. The summed E-state index contributed by atoms with van der Waals surface area (Å²) in [5.41, 5.74) is 5.13. The van der Waals surface area contributed by atoms with Gasteiger partial charge in [-0.3, -0.25) is 0 Å². The molecule has 1 heterocycles. The molecule has 1 atom stereocenters. The maximum Gasteiger partial charge on any atom is 0.417 e. The maximum atomic E-state index is 12.9. The Kier molecular flexibility index (Phi) is 3.86. The van der Waals surface area contributed by atoms with Gasteiger partial charge >= 0.3 is 6.18 Å². The van der Waals surface area contributed by atoms with E-state index in [0.717, 1.165) is 17.4 Å². The number of halogens is 3. The van der Waals surface area contributed by atoms with Crippen molar-refractivity contribution in [3.05, 3.63) is 34.8 Å². The van der Waals surface area contributed by atoms with E-state index >= 15 is 0 Å². The van der Waals surface area contributed by atoms with E-state index in [4.69, 9.17) is 5.73 Å². The van der Waals surface area contributed by atoms with E-state index < -0.39 is 11.7 Å². The monoisotopic (exact) mass is 287 g/mol. The van der Waals surface area contributed by atoms with Gasteiger partial charge in [-0.05, 0) is 12.5 Å². The van der Waals surface area contributed by atoms with Crippen molar-refractivity contribution in [1.29, 1.82) is 0 Å². The Hall–Kier alpha value is -1.47. The number of hydrogen-bond donors (Lipinski definition) is 1. The van der Waals surface area contributed by atoms with Crippen LogP contribution in [0.25, 0.3) is 10.6 Å². The highest BCUT2D eigenvalue weighted by atomic mass is 32.1. The fraction of sp³-hybridized carbons (Fsp3) is 0.333. The van der Waals surface area contributed by atoms with Gasteiger partial charge in [0.2, 0.25) is 0 Å². The molecule has 0 saturated heterocycles. The second-order valence-corrected chi connectivity index (χ2v) is 5.01. The third kappa shape index (κ3) is 2.93. The molecule has 0 spiro atoms. The van der Waals surface area contributed by atoms with Crippen molar-refractivity contribution in [3.8, 4) is 10.6 Å². The summed E-state index contributed by atoms with van der Waals surface area (Å²) in [6, 6.07) is 5.04. The fourth-order valence-corrected chi connectivity index (χ4v) is 2.55. The molecule has 0 aliphatic rings. The summed E-state index contributed by atoms with van der Waals surface area (Å²) in [6.45, 7) is 1.88. The summed E-state index contributed by atoms with van der Waals surface area (Å²) in [6.07, 6.45) is -3.75. The van der Waals surface area contributed by atoms with Crippen LogP contribution in [0.1, 0.15) is 30.0 Å². The first-order chi connectivity index (χ1) is 8.93. The molecule has 19 heavy (non-hydrogen) atoms. The highest BCUT2D eigenvalue weighted by molar-refractivity contribution is 7.14. The van der Waals surface area contributed by atoms with Crippen molar-refractivity contribution in [2.75, 3.05) is 0 Å². The van der Waals surface area contributed by atoms with E-state index in [9.17, 15) is 13.2 Å². The Morgan fingerprint density at radius 2 is 1.95 bits per heavy atom. The van der Waals surface area contributed by atoms with Crippen LogP contribution in [0.2, 0.25) is 0 Å². The molecule has 1 unspecified atom stereocenters. The zero-order valence-electron chi connectivity index (χ0n) is 10.1. The fourth-order valence-electron chi connectivity index (χ4n) is 1.58. The van der Waals surface area contributed by atoms with Gasteiger partial charge in [0.15, 0.2) is 0 Å². The molecule has 0 aliphatic heterocycles. The molecule has 0 amide bonds. The Bertz CT molecular complexity index is 565. The summed E-state index contributed by atoms with van der Waals surface area (Å²) < 4.78 is 38.7. The first kappa shape index (κ1) is 14.0. The predicted octanol–water partition coefficient (Wildman–Crippen LogP) is 3.63. The molecule has 7 heteroatoms. The van der Waals surface area contributed by atoms with Crippen molar-refractivity contribution in [3.63, 3.8) is 0 Å². The number of nitrogens with two attached hydrogens (primary N) is 1. The number of rotatable bonds is 3. The van der Waals surface area contributed by atoms with E-state index in [0.29, 0.717) is 11.4 Å². The van der Waals surface area contributed by atoms with Crippen LogP contribution in [-0.4, -0.2) is 10.2 Å². The SMILES string of the molecule is CCC(N)c1nnc(-c2ccccc2C(F)(F)F)s1. The van der Waals surface area contributed by atoms with E-state index in [1.165, 1.54) is 12.1 Å². The zero-order valence-corrected chi connectivity index (χ0v) is 10.9. The lowest BCUT2D eigenvalue weighted by Crippen LogP contribution is -2.07. The largest absolute Gasteiger partial charge is 0.417 e. The average molecular weight is 287 g/mol. The standard InChI is InChI=1S/C12H12F3N3S/c1-2-9(16)11-18-17-10(19-11)7-5-3-4-6-8(7)12(13,14)15/h3-6,9H,2,16H2,1H3. The predicted molar refractivity (Wildman–Crippen MR) is 67.6 cm³/mol. The molecular weight excluding hydrogens is 275 g/mol. The smallest absolute Gasteiger partial charge is 0.322 e. The zero-order chi connectivity index (χ0) is 14.0. The van der Waals surface area contributed by atoms with Crippen LogP contribution in [0.4, 0.5) is 13.2 Å². The Morgan fingerprint density at radius 1 is 1.26 bits per heavy atom. The van der Waals surface area contributed by atoms with Crippen LogP contribution in [0, 0.1) is 0 Å². The van der Waals surface area contributed by atoms with E-state index in [2.05, 4.69) is 10.2 Å². The van der Waals surface area contributed by atoms with Crippen LogP contribution >= 0.6 is 11.3 Å². The molecule has 2 aromatic rings. The molecule has 1 aromatic carbocycles. The quantitative estimate of drug-likeness (QED) is 0.937. The summed E-state index contributed by atoms with van der Waals surface area (Å²) >= 11 is 1.10. The number of hydrogen-bond acceptors (Lipinski definition) is 4. The molecular formula is C12H12F3N3S. The number of nitrogens with zero attached hydrogens (tertiary/aromatic N) is 2. The number of alkyl halides is 3. The van der Waals surface area contributed by atoms with E-state index in [-0.39, 0.29) is 16.6 Å². The van der Waals surface area contributed by atoms with Gasteiger partial charge in [0, 0.05) is 5.56 Å². The summed E-state index contributed by atoms with van der Waals surface area (Å²) in [7, 11) is 0. The lowest BCUT2D eigenvalue weighted by molar-refractivity contribution is -0.137. The minimum atomic E-state index is -4.41. The summed E-state index contributed by atoms with van der Waals surface area (Å²) in [4.78, 5) is 0. The molecule has 2 N–H and O–H groups in total. The van der Waals surface area contributed by atoms with Gasteiger partial charge in [-0.25, -0.2) is 0 Å². The molecule has 0 fully saturated rings. The lowest BCUT2D eigenvalue weighted by atomic mass is 10.1. The maximum absolute atomic E-state index is 12.9. The van der Waals surface area contributed by atoms with Gasteiger partial charge in [0.1, 0.15) is 10.0 Å². The van der Waals surface area contributed by atoms with Crippen molar-refractivity contribution < 1.29 is 13.2 Å². The highest BCUT2D eigenvalue weighted by Gasteiger charge is 2.34. The molecule has 1 aromatic heterocycles. The van der Waals surface area contributed by atoms with Crippen molar-refractivity contribution >= 4 is 11.3 Å². The molecule has 0 radical (unpaired) electrons. The minimum absolute atomic E-state index is 0.0436. The third-order valence-corrected chi connectivity index (χ3v) is 3.75. The Balaban J connectivity index is 2.45. The minimum Gasteiger partial charge on any atom is -0.322 e. The lowest BCUT2D eigenvalue weighted by Gasteiger charge is -2.10. The number of aromatic nitrogens is 2. The van der Waals surface area contributed by atoms with Crippen molar-refractivity contribution in [2.45, 2.75) is 25.6 Å². The van der Waals surface area contributed by atoms with Gasteiger partial charge in [-0.1, -0.05) is 36.5 Å². The van der Waals surface area contributed by atoms with Gasteiger partial charge in [0.25, 0.3) is 0 Å². The van der Waals surface area contributed by atoms with Crippen LogP contribution in [0.3, 0.4) is 0 Å². The summed E-state index contributed by atoms with van der Waals surface area (Å²) in [5.74, 6) is 0. The molecule has 0 aliphatic carbocycles. The molecule has 0 saturated carbocycles. The Morgan fingerprint density at radius 3 is 2.58 bits per heavy atom. The van der Waals surface area contributed by atoms with Crippen molar-refractivity contribution in [2.24, 2.45) is 5.73 Å². The molecule has 2 rings (SSSR count). The van der Waals surface area contributed by atoms with Crippen molar-refractivity contribution in [1.82, 2.24) is 10.2 Å². The van der Waals surface area contributed by atoms with Crippen LogP contribution in [0.15, 0.2) is 24.3 Å².